The molecule has 0 amide bonds. The Balaban J connectivity index is 2.68. The van der Waals surface area contributed by atoms with Crippen LogP contribution in [0.2, 0.25) is 0 Å². The van der Waals surface area contributed by atoms with Gasteiger partial charge in [-0.1, -0.05) is 13.8 Å². The number of nitrogens with two attached hydrogens (primary N) is 1. The maximum atomic E-state index is 11.6. The number of anilines is 2. The standard InChI is InChI=1S/C13H23N3O2S/c1-10(2)5-4-8-16-13-7-6-11(9-12(13)14)19(17,18)15-3/h6-7,9-10,15-16H,4-5,8,14H2,1-3H3. The minimum atomic E-state index is -3.43. The molecule has 0 bridgehead atoms. The van der Waals surface area contributed by atoms with E-state index in [2.05, 4.69) is 23.9 Å². The fourth-order valence-electron chi connectivity index (χ4n) is 1.72. The number of hydrogen-bond donors (Lipinski definition) is 3. The lowest BCUT2D eigenvalue weighted by Crippen LogP contribution is -2.18. The number of nitrogens with one attached hydrogen (secondary N) is 2. The normalized spacial score (nSPS) is 11.8. The lowest BCUT2D eigenvalue weighted by Gasteiger charge is -2.11. The van der Waals surface area contributed by atoms with E-state index in [9.17, 15) is 8.42 Å². The van der Waals surface area contributed by atoms with Gasteiger partial charge in [0.2, 0.25) is 10.0 Å². The van der Waals surface area contributed by atoms with E-state index >= 15 is 0 Å². The second-order valence-electron chi connectivity index (χ2n) is 4.92. The molecule has 1 rings (SSSR count). The molecule has 0 saturated heterocycles. The molecule has 108 valence electrons. The molecular formula is C13H23N3O2S. The van der Waals surface area contributed by atoms with Crippen molar-refractivity contribution < 1.29 is 8.42 Å². The second kappa shape index (κ2) is 6.77. The van der Waals surface area contributed by atoms with E-state index < -0.39 is 10.0 Å². The molecule has 5 nitrogen and oxygen atoms in total. The number of nitrogen functional groups attached to an aromatic ring is 1. The summed E-state index contributed by atoms with van der Waals surface area (Å²) in [6.45, 7) is 5.21. The van der Waals surface area contributed by atoms with Gasteiger partial charge in [0.05, 0.1) is 16.3 Å². The van der Waals surface area contributed by atoms with E-state index in [0.717, 1.165) is 25.1 Å². The molecule has 0 saturated carbocycles. The topological polar surface area (TPSA) is 84.2 Å². The summed E-state index contributed by atoms with van der Waals surface area (Å²) >= 11 is 0. The van der Waals surface area contributed by atoms with Gasteiger partial charge in [0.1, 0.15) is 0 Å². The van der Waals surface area contributed by atoms with E-state index in [1.165, 1.54) is 13.1 Å². The molecule has 0 aliphatic heterocycles. The summed E-state index contributed by atoms with van der Waals surface area (Å²) < 4.78 is 25.5. The first-order valence-corrected chi connectivity index (χ1v) is 7.92. The summed E-state index contributed by atoms with van der Waals surface area (Å²) in [7, 11) is -2.05. The molecule has 1 aromatic rings. The van der Waals surface area contributed by atoms with Crippen molar-refractivity contribution in [2.45, 2.75) is 31.6 Å². The van der Waals surface area contributed by atoms with Gasteiger partial charge in [-0.3, -0.25) is 0 Å². The van der Waals surface area contributed by atoms with Gasteiger partial charge >= 0.3 is 0 Å². The van der Waals surface area contributed by atoms with Crippen molar-refractivity contribution in [2.24, 2.45) is 5.92 Å². The average molecular weight is 285 g/mol. The van der Waals surface area contributed by atoms with Crippen molar-refractivity contribution in [3.63, 3.8) is 0 Å². The number of hydrogen-bond acceptors (Lipinski definition) is 4. The molecule has 0 aromatic heterocycles. The highest BCUT2D eigenvalue weighted by atomic mass is 32.2. The van der Waals surface area contributed by atoms with Crippen LogP contribution in [0.25, 0.3) is 0 Å². The van der Waals surface area contributed by atoms with Crippen LogP contribution in [0.4, 0.5) is 11.4 Å². The number of benzene rings is 1. The Morgan fingerprint density at radius 2 is 2.00 bits per heavy atom. The Labute approximate surface area is 115 Å². The molecule has 0 aliphatic carbocycles. The van der Waals surface area contributed by atoms with E-state index in [-0.39, 0.29) is 4.90 Å². The van der Waals surface area contributed by atoms with Crippen LogP contribution in [0, 0.1) is 5.92 Å². The maximum absolute atomic E-state index is 11.6. The van der Waals surface area contributed by atoms with Gasteiger partial charge in [0.25, 0.3) is 0 Å². The molecule has 1 aromatic carbocycles. The minimum Gasteiger partial charge on any atom is -0.397 e. The van der Waals surface area contributed by atoms with Crippen LogP contribution in [-0.4, -0.2) is 22.0 Å². The van der Waals surface area contributed by atoms with Crippen molar-refractivity contribution >= 4 is 21.4 Å². The summed E-state index contributed by atoms with van der Waals surface area (Å²) in [6, 6.07) is 4.72. The minimum absolute atomic E-state index is 0.181. The van der Waals surface area contributed by atoms with E-state index in [1.807, 2.05) is 0 Å². The third-order valence-electron chi connectivity index (χ3n) is 2.88. The van der Waals surface area contributed by atoms with Gasteiger partial charge in [-0.05, 0) is 44.0 Å². The third-order valence-corrected chi connectivity index (χ3v) is 4.29. The van der Waals surface area contributed by atoms with Crippen molar-refractivity contribution in [2.75, 3.05) is 24.6 Å². The Morgan fingerprint density at radius 3 is 2.53 bits per heavy atom. The van der Waals surface area contributed by atoms with Gasteiger partial charge in [-0.2, -0.15) is 0 Å². The van der Waals surface area contributed by atoms with E-state index in [4.69, 9.17) is 5.73 Å². The van der Waals surface area contributed by atoms with Crippen LogP contribution in [0.15, 0.2) is 23.1 Å². The van der Waals surface area contributed by atoms with Crippen molar-refractivity contribution in [1.29, 1.82) is 0 Å². The Kier molecular flexibility index (Phi) is 5.62. The van der Waals surface area contributed by atoms with Gasteiger partial charge in [0, 0.05) is 6.54 Å². The lowest BCUT2D eigenvalue weighted by atomic mass is 10.1. The third kappa shape index (κ3) is 4.72. The van der Waals surface area contributed by atoms with Crippen molar-refractivity contribution in [3.05, 3.63) is 18.2 Å². The monoisotopic (exact) mass is 285 g/mol. The van der Waals surface area contributed by atoms with Crippen LogP contribution >= 0.6 is 0 Å². The molecule has 0 radical (unpaired) electrons. The molecule has 0 unspecified atom stereocenters. The fraction of sp³-hybridized carbons (Fsp3) is 0.538. The molecule has 6 heteroatoms. The zero-order chi connectivity index (χ0) is 14.5. The first-order valence-electron chi connectivity index (χ1n) is 6.43. The predicted molar refractivity (Wildman–Crippen MR) is 79.7 cm³/mol. The van der Waals surface area contributed by atoms with Crippen molar-refractivity contribution in [3.8, 4) is 0 Å². The molecule has 0 atom stereocenters. The van der Waals surface area contributed by atoms with Gasteiger partial charge in [-0.15, -0.1) is 0 Å². The molecule has 0 fully saturated rings. The molecular weight excluding hydrogens is 262 g/mol. The summed E-state index contributed by atoms with van der Waals surface area (Å²) in [5.41, 5.74) is 7.08. The fourth-order valence-corrected chi connectivity index (χ4v) is 2.49. The summed E-state index contributed by atoms with van der Waals surface area (Å²) in [5.74, 6) is 0.683. The highest BCUT2D eigenvalue weighted by Crippen LogP contribution is 2.22. The molecule has 0 aliphatic rings. The Morgan fingerprint density at radius 1 is 1.32 bits per heavy atom. The maximum Gasteiger partial charge on any atom is 0.240 e. The van der Waals surface area contributed by atoms with Crippen LogP contribution in [0.1, 0.15) is 26.7 Å². The van der Waals surface area contributed by atoms with Gasteiger partial charge in [0.15, 0.2) is 0 Å². The second-order valence-corrected chi connectivity index (χ2v) is 6.81. The SMILES string of the molecule is CNS(=O)(=O)c1ccc(NCCCC(C)C)c(N)c1. The zero-order valence-corrected chi connectivity index (χ0v) is 12.5. The highest BCUT2D eigenvalue weighted by Gasteiger charge is 2.12. The Hall–Kier alpha value is -1.27. The summed E-state index contributed by atoms with van der Waals surface area (Å²) in [6.07, 6.45) is 2.22. The molecule has 4 N–H and O–H groups in total. The average Bonchev–Trinajstić information content (AvgIpc) is 2.35. The highest BCUT2D eigenvalue weighted by molar-refractivity contribution is 7.89. The largest absolute Gasteiger partial charge is 0.397 e. The molecule has 0 spiro atoms. The van der Waals surface area contributed by atoms with E-state index in [0.29, 0.717) is 11.6 Å². The quantitative estimate of drug-likeness (QED) is 0.528. The zero-order valence-electron chi connectivity index (χ0n) is 11.7. The van der Waals surface area contributed by atoms with Crippen LogP contribution in [0.5, 0.6) is 0 Å². The van der Waals surface area contributed by atoms with Crippen LogP contribution in [-0.2, 0) is 10.0 Å². The predicted octanol–water partition coefficient (Wildman–Crippen LogP) is 2.02. The Bertz CT molecular complexity index is 513. The molecule has 0 heterocycles. The van der Waals surface area contributed by atoms with Gasteiger partial charge in [-0.25, -0.2) is 13.1 Å². The first kappa shape index (κ1) is 15.8. The smallest absolute Gasteiger partial charge is 0.240 e. The number of rotatable bonds is 7. The summed E-state index contributed by atoms with van der Waals surface area (Å²) in [5, 5.41) is 3.22. The molecule has 19 heavy (non-hydrogen) atoms. The van der Waals surface area contributed by atoms with Crippen LogP contribution in [0.3, 0.4) is 0 Å². The number of sulfonamides is 1. The lowest BCUT2D eigenvalue weighted by molar-refractivity contribution is 0.567. The first-order chi connectivity index (χ1) is 8.86. The summed E-state index contributed by atoms with van der Waals surface area (Å²) in [4.78, 5) is 0.181. The van der Waals surface area contributed by atoms with Crippen LogP contribution < -0.4 is 15.8 Å². The van der Waals surface area contributed by atoms with E-state index in [1.54, 1.807) is 12.1 Å². The van der Waals surface area contributed by atoms with Crippen molar-refractivity contribution in [1.82, 2.24) is 4.72 Å². The van der Waals surface area contributed by atoms with Gasteiger partial charge < -0.3 is 11.1 Å².